The lowest BCUT2D eigenvalue weighted by molar-refractivity contribution is 0.282. The van der Waals surface area contributed by atoms with Crippen LogP contribution in [-0.2, 0) is 19.4 Å². The lowest BCUT2D eigenvalue weighted by atomic mass is 10.1. The zero-order valence-electron chi connectivity index (χ0n) is 18.2. The van der Waals surface area contributed by atoms with Crippen molar-refractivity contribution in [3.05, 3.63) is 121 Å². The Balaban J connectivity index is 1.77. The van der Waals surface area contributed by atoms with Gasteiger partial charge in [-0.25, -0.2) is 26.3 Å². The molecule has 0 aliphatic rings. The molecule has 1 heterocycles. The van der Waals surface area contributed by atoms with Crippen molar-refractivity contribution in [3.63, 3.8) is 0 Å². The van der Waals surface area contributed by atoms with E-state index in [0.29, 0.717) is 16.7 Å². The quantitative estimate of drug-likeness (QED) is 0.250. The van der Waals surface area contributed by atoms with Crippen molar-refractivity contribution in [1.29, 1.82) is 0 Å². The largest absolute Gasteiger partial charge is 0.472 e. The van der Waals surface area contributed by atoms with Crippen LogP contribution in [0.4, 0.5) is 26.3 Å². The molecule has 0 bridgehead atoms. The fraction of sp³-hybridized carbons (Fsp3) is 0.120. The summed E-state index contributed by atoms with van der Waals surface area (Å²) < 4.78 is 89.6. The normalized spacial score (nSPS) is 11.1. The molecule has 3 aromatic carbocycles. The highest BCUT2D eigenvalue weighted by molar-refractivity contribution is 9.10. The third-order valence-electron chi connectivity index (χ3n) is 5.24. The van der Waals surface area contributed by atoms with Gasteiger partial charge >= 0.3 is 0 Å². The predicted molar refractivity (Wildman–Crippen MR) is 122 cm³/mol. The molecule has 0 spiro atoms. The Morgan fingerprint density at radius 1 is 0.778 bits per heavy atom. The van der Waals surface area contributed by atoms with Gasteiger partial charge in [-0.15, -0.1) is 0 Å². The molecule has 0 N–H and O–H groups in total. The van der Waals surface area contributed by atoms with Gasteiger partial charge in [0.25, 0.3) is 5.56 Å². The van der Waals surface area contributed by atoms with Gasteiger partial charge in [0.05, 0.1) is 0 Å². The Labute approximate surface area is 208 Å². The molecule has 36 heavy (non-hydrogen) atoms. The molecular formula is C25H15BrF6N2O2. The highest BCUT2D eigenvalue weighted by Crippen LogP contribution is 2.25. The average molecular weight is 569 g/mol. The molecule has 0 atom stereocenters. The van der Waals surface area contributed by atoms with E-state index in [1.54, 1.807) is 0 Å². The number of para-hydroxylation sites is 1. The number of ether oxygens (including phenoxy) is 1. The molecule has 0 aliphatic carbocycles. The maximum Gasteiger partial charge on any atom is 0.276 e. The van der Waals surface area contributed by atoms with Crippen LogP contribution in [0.5, 0.6) is 5.88 Å². The summed E-state index contributed by atoms with van der Waals surface area (Å²) in [4.78, 5) is 17.4. The first kappa shape index (κ1) is 25.5. The zero-order chi connectivity index (χ0) is 26.0. The smallest absolute Gasteiger partial charge is 0.276 e. The van der Waals surface area contributed by atoms with Crippen molar-refractivity contribution in [2.45, 2.75) is 19.4 Å². The van der Waals surface area contributed by atoms with Gasteiger partial charge in [0.15, 0.2) is 0 Å². The van der Waals surface area contributed by atoms with E-state index >= 15 is 0 Å². The van der Waals surface area contributed by atoms with Gasteiger partial charge in [0.1, 0.15) is 57.5 Å². The maximum atomic E-state index is 14.6. The van der Waals surface area contributed by atoms with Gasteiger partial charge < -0.3 is 4.74 Å². The van der Waals surface area contributed by atoms with Gasteiger partial charge in [0, 0.05) is 24.1 Å². The fourth-order valence-corrected chi connectivity index (χ4v) is 3.86. The summed E-state index contributed by atoms with van der Waals surface area (Å²) in [5, 5.41) is 0. The number of benzene rings is 3. The van der Waals surface area contributed by atoms with Crippen molar-refractivity contribution in [2.24, 2.45) is 0 Å². The second kappa shape index (κ2) is 10.6. The number of nitrogens with zero attached hydrogens (tertiary/aromatic N) is 2. The Hall–Kier alpha value is -3.60. The lowest BCUT2D eigenvalue weighted by Crippen LogP contribution is -2.27. The standard InChI is InChI=1S/C25H15BrF6N2O2/c26-22-24(36-12-14-5-8-16(28)11-20(14)32)33-21(9-6-13-4-7-15(27)10-19(13)31)34(25(22)35)23-17(29)2-1-3-18(23)30/h1-5,7-8,10-11H,6,9,12H2. The maximum absolute atomic E-state index is 14.6. The summed E-state index contributed by atoms with van der Waals surface area (Å²) >= 11 is 3.01. The molecule has 0 saturated carbocycles. The first-order chi connectivity index (χ1) is 17.2. The van der Waals surface area contributed by atoms with E-state index in [9.17, 15) is 31.1 Å². The Morgan fingerprint density at radius 3 is 1.94 bits per heavy atom. The number of aryl methyl sites for hydroxylation is 2. The van der Waals surface area contributed by atoms with Crippen LogP contribution in [0.1, 0.15) is 17.0 Å². The minimum atomic E-state index is -1.05. The van der Waals surface area contributed by atoms with Crippen LogP contribution in [0, 0.1) is 34.9 Å². The number of rotatable bonds is 7. The number of aromatic nitrogens is 2. The van der Waals surface area contributed by atoms with E-state index in [0.717, 1.165) is 36.4 Å². The first-order valence-electron chi connectivity index (χ1n) is 10.4. The molecule has 0 amide bonds. The number of halogens is 7. The number of hydrogen-bond donors (Lipinski definition) is 0. The molecule has 0 fully saturated rings. The summed E-state index contributed by atoms with van der Waals surface area (Å²) in [5.74, 6) is -5.95. The minimum absolute atomic E-state index is 0.0376. The van der Waals surface area contributed by atoms with Crippen molar-refractivity contribution in [3.8, 4) is 11.6 Å². The topological polar surface area (TPSA) is 44.1 Å². The molecule has 11 heteroatoms. The monoisotopic (exact) mass is 568 g/mol. The summed E-state index contributed by atoms with van der Waals surface area (Å²) in [6.07, 6.45) is -0.317. The van der Waals surface area contributed by atoms with Gasteiger partial charge in [-0.05, 0) is 58.2 Å². The van der Waals surface area contributed by atoms with E-state index in [4.69, 9.17) is 4.74 Å². The molecule has 4 nitrogen and oxygen atoms in total. The molecule has 4 rings (SSSR count). The van der Waals surface area contributed by atoms with E-state index in [1.807, 2.05) is 0 Å². The molecular weight excluding hydrogens is 554 g/mol. The highest BCUT2D eigenvalue weighted by Gasteiger charge is 2.22. The van der Waals surface area contributed by atoms with Crippen LogP contribution in [0.2, 0.25) is 0 Å². The first-order valence-corrected chi connectivity index (χ1v) is 11.2. The van der Waals surface area contributed by atoms with E-state index in [-0.39, 0.29) is 40.1 Å². The minimum Gasteiger partial charge on any atom is -0.472 e. The molecule has 0 saturated heterocycles. The average Bonchev–Trinajstić information content (AvgIpc) is 2.82. The van der Waals surface area contributed by atoms with Crippen molar-refractivity contribution < 1.29 is 31.1 Å². The molecule has 186 valence electrons. The molecule has 0 aliphatic heterocycles. The fourth-order valence-electron chi connectivity index (χ4n) is 3.48. The second-order valence-electron chi connectivity index (χ2n) is 7.62. The zero-order valence-corrected chi connectivity index (χ0v) is 19.8. The molecule has 1 aromatic heterocycles. The third kappa shape index (κ3) is 5.30. The lowest BCUT2D eigenvalue weighted by Gasteiger charge is -2.17. The van der Waals surface area contributed by atoms with Gasteiger partial charge in [-0.2, -0.15) is 4.98 Å². The summed E-state index contributed by atoms with van der Waals surface area (Å²) in [5.41, 5.74) is -1.62. The van der Waals surface area contributed by atoms with Crippen molar-refractivity contribution in [1.82, 2.24) is 9.55 Å². The number of hydrogen-bond acceptors (Lipinski definition) is 3. The Bertz CT molecular complexity index is 1490. The summed E-state index contributed by atoms with van der Waals surface area (Å²) in [6.45, 7) is -0.443. The third-order valence-corrected chi connectivity index (χ3v) is 5.92. The van der Waals surface area contributed by atoms with Crippen LogP contribution in [0.25, 0.3) is 5.69 Å². The summed E-state index contributed by atoms with van der Waals surface area (Å²) in [7, 11) is 0. The van der Waals surface area contributed by atoms with Crippen LogP contribution in [0.15, 0.2) is 63.9 Å². The van der Waals surface area contributed by atoms with Crippen molar-refractivity contribution >= 4 is 15.9 Å². The van der Waals surface area contributed by atoms with Crippen LogP contribution >= 0.6 is 15.9 Å². The SMILES string of the molecule is O=c1c(Br)c(OCc2ccc(F)cc2F)nc(CCc2ccc(F)cc2F)n1-c1c(F)cccc1F. The molecule has 0 radical (unpaired) electrons. The molecule has 0 unspecified atom stereocenters. The van der Waals surface area contributed by atoms with Crippen LogP contribution < -0.4 is 10.3 Å². The molecule has 4 aromatic rings. The van der Waals surface area contributed by atoms with E-state index in [1.165, 1.54) is 6.07 Å². The van der Waals surface area contributed by atoms with Gasteiger partial charge in [0.2, 0.25) is 5.88 Å². The van der Waals surface area contributed by atoms with Crippen molar-refractivity contribution in [2.75, 3.05) is 0 Å². The predicted octanol–water partition coefficient (Wildman–Crippen LogP) is 6.19. The highest BCUT2D eigenvalue weighted by atomic mass is 79.9. The summed E-state index contributed by atoms with van der Waals surface area (Å²) in [6, 6.07) is 8.76. The Morgan fingerprint density at radius 2 is 1.36 bits per heavy atom. The van der Waals surface area contributed by atoms with Gasteiger partial charge in [-0.3, -0.25) is 9.36 Å². The van der Waals surface area contributed by atoms with Crippen LogP contribution in [0.3, 0.4) is 0 Å². The van der Waals surface area contributed by atoms with E-state index in [2.05, 4.69) is 20.9 Å². The second-order valence-corrected chi connectivity index (χ2v) is 8.41. The Kier molecular flexibility index (Phi) is 7.48. The van der Waals surface area contributed by atoms with E-state index < -0.39 is 52.8 Å². The van der Waals surface area contributed by atoms with Crippen LogP contribution in [-0.4, -0.2) is 9.55 Å². The van der Waals surface area contributed by atoms with Gasteiger partial charge in [-0.1, -0.05) is 12.1 Å².